The first-order valence-corrected chi connectivity index (χ1v) is 7.14. The van der Waals surface area contributed by atoms with E-state index in [1.165, 1.54) is 19.3 Å². The third kappa shape index (κ3) is 4.41. The monoisotopic (exact) mass is 269 g/mol. The van der Waals surface area contributed by atoms with Crippen molar-refractivity contribution in [3.8, 4) is 5.75 Å². The molecule has 2 N–H and O–H groups in total. The Kier molecular flexibility index (Phi) is 6.34. The second-order valence-electron chi connectivity index (χ2n) is 4.87. The topological polar surface area (TPSA) is 35.2 Å². The molecule has 1 aromatic rings. The van der Waals surface area contributed by atoms with Crippen LogP contribution in [-0.2, 0) is 0 Å². The molecule has 0 amide bonds. The van der Waals surface area contributed by atoms with Crippen LogP contribution in [0.3, 0.4) is 0 Å². The summed E-state index contributed by atoms with van der Waals surface area (Å²) >= 11 is 6.01. The first kappa shape index (κ1) is 15.2. The molecule has 0 aliphatic heterocycles. The van der Waals surface area contributed by atoms with Crippen molar-refractivity contribution in [2.75, 3.05) is 12.3 Å². The number of halogens is 1. The van der Waals surface area contributed by atoms with Gasteiger partial charge in [-0.25, -0.2) is 0 Å². The molecule has 0 radical (unpaired) electrons. The number of aryl methyl sites for hydroxylation is 1. The van der Waals surface area contributed by atoms with Crippen LogP contribution in [0.1, 0.15) is 45.1 Å². The van der Waals surface area contributed by atoms with E-state index < -0.39 is 0 Å². The van der Waals surface area contributed by atoms with Crippen molar-refractivity contribution in [3.05, 3.63) is 22.7 Å². The summed E-state index contributed by atoms with van der Waals surface area (Å²) in [5, 5.41) is 0.567. The summed E-state index contributed by atoms with van der Waals surface area (Å²) in [7, 11) is 0. The third-order valence-corrected chi connectivity index (χ3v) is 3.64. The Bertz CT molecular complexity index is 379. The molecule has 3 heteroatoms. The Morgan fingerprint density at radius 3 is 2.67 bits per heavy atom. The van der Waals surface area contributed by atoms with Gasteiger partial charge in [0.25, 0.3) is 0 Å². The normalized spacial score (nSPS) is 12.4. The van der Waals surface area contributed by atoms with E-state index in [0.717, 1.165) is 24.3 Å². The van der Waals surface area contributed by atoms with Gasteiger partial charge in [0, 0.05) is 6.07 Å². The highest BCUT2D eigenvalue weighted by molar-refractivity contribution is 6.33. The smallest absolute Gasteiger partial charge is 0.123 e. The van der Waals surface area contributed by atoms with Crippen LogP contribution in [0.4, 0.5) is 5.69 Å². The third-order valence-electron chi connectivity index (χ3n) is 3.31. The molecule has 102 valence electrons. The van der Waals surface area contributed by atoms with Crippen molar-refractivity contribution < 1.29 is 4.74 Å². The molecule has 0 aliphatic rings. The van der Waals surface area contributed by atoms with Crippen LogP contribution in [0, 0.1) is 12.8 Å². The number of rotatable bonds is 7. The van der Waals surface area contributed by atoms with Gasteiger partial charge in [-0.2, -0.15) is 0 Å². The molecule has 0 bridgehead atoms. The van der Waals surface area contributed by atoms with Crippen LogP contribution in [0.2, 0.25) is 5.02 Å². The summed E-state index contributed by atoms with van der Waals surface area (Å²) in [5.41, 5.74) is 7.40. The fourth-order valence-electron chi connectivity index (χ4n) is 1.95. The van der Waals surface area contributed by atoms with Crippen LogP contribution in [0.15, 0.2) is 12.1 Å². The van der Waals surface area contributed by atoms with Crippen LogP contribution >= 0.6 is 11.6 Å². The predicted octanol–water partition coefficient (Wildman–Crippen LogP) is 4.83. The zero-order chi connectivity index (χ0) is 13.5. The molecule has 1 rings (SSSR count). The summed E-state index contributed by atoms with van der Waals surface area (Å²) < 4.78 is 5.88. The fraction of sp³-hybridized carbons (Fsp3) is 0.600. The Balaban J connectivity index is 2.59. The number of benzene rings is 1. The van der Waals surface area contributed by atoms with E-state index in [0.29, 0.717) is 16.6 Å². The predicted molar refractivity (Wildman–Crippen MR) is 79.4 cm³/mol. The van der Waals surface area contributed by atoms with Gasteiger partial charge >= 0.3 is 0 Å². The Labute approximate surface area is 115 Å². The van der Waals surface area contributed by atoms with Crippen molar-refractivity contribution in [1.82, 2.24) is 0 Å². The summed E-state index contributed by atoms with van der Waals surface area (Å²) in [6.07, 6.45) is 4.89. The SMILES string of the molecule is CCCCC(CC)COc1cc(Cl)c(N)cc1C. The van der Waals surface area contributed by atoms with E-state index in [1.54, 1.807) is 0 Å². The quantitative estimate of drug-likeness (QED) is 0.720. The van der Waals surface area contributed by atoms with Crippen molar-refractivity contribution in [3.63, 3.8) is 0 Å². The molecule has 0 heterocycles. The molecule has 0 aliphatic carbocycles. The van der Waals surface area contributed by atoms with E-state index in [-0.39, 0.29) is 0 Å². The second-order valence-corrected chi connectivity index (χ2v) is 5.27. The highest BCUT2D eigenvalue weighted by atomic mass is 35.5. The van der Waals surface area contributed by atoms with Gasteiger partial charge in [-0.3, -0.25) is 0 Å². The van der Waals surface area contributed by atoms with Gasteiger partial charge in [0.05, 0.1) is 17.3 Å². The fourth-order valence-corrected chi connectivity index (χ4v) is 2.10. The molecule has 0 spiro atoms. The standard InChI is InChI=1S/C15H24ClNO/c1-4-6-7-12(5-2)10-18-15-9-13(16)14(17)8-11(15)3/h8-9,12H,4-7,10,17H2,1-3H3. The van der Waals surface area contributed by atoms with E-state index in [4.69, 9.17) is 22.1 Å². The Morgan fingerprint density at radius 1 is 1.33 bits per heavy atom. The number of unbranched alkanes of at least 4 members (excludes halogenated alkanes) is 1. The molecule has 0 saturated heterocycles. The van der Waals surface area contributed by atoms with Gasteiger partial charge in [0.15, 0.2) is 0 Å². The van der Waals surface area contributed by atoms with Crippen LogP contribution in [0.25, 0.3) is 0 Å². The molecule has 0 saturated carbocycles. The Morgan fingerprint density at radius 2 is 2.06 bits per heavy atom. The summed E-state index contributed by atoms with van der Waals surface area (Å²) in [6.45, 7) is 7.19. The zero-order valence-electron chi connectivity index (χ0n) is 11.6. The molecule has 0 aromatic heterocycles. The van der Waals surface area contributed by atoms with Crippen molar-refractivity contribution in [1.29, 1.82) is 0 Å². The lowest BCUT2D eigenvalue weighted by atomic mass is 10.0. The minimum absolute atomic E-state index is 0.567. The average molecular weight is 270 g/mol. The summed E-state index contributed by atoms with van der Waals surface area (Å²) in [4.78, 5) is 0. The molecular formula is C15H24ClNO. The van der Waals surface area contributed by atoms with E-state index in [2.05, 4.69) is 13.8 Å². The van der Waals surface area contributed by atoms with E-state index in [9.17, 15) is 0 Å². The van der Waals surface area contributed by atoms with Crippen molar-refractivity contribution in [2.45, 2.75) is 46.5 Å². The van der Waals surface area contributed by atoms with E-state index in [1.807, 2.05) is 19.1 Å². The van der Waals surface area contributed by atoms with Crippen LogP contribution < -0.4 is 10.5 Å². The van der Waals surface area contributed by atoms with Gasteiger partial charge in [0.1, 0.15) is 5.75 Å². The number of nitrogens with two attached hydrogens (primary N) is 1. The number of ether oxygens (including phenoxy) is 1. The first-order valence-electron chi connectivity index (χ1n) is 6.76. The summed E-state index contributed by atoms with van der Waals surface area (Å²) in [6, 6.07) is 3.68. The molecule has 18 heavy (non-hydrogen) atoms. The molecule has 0 fully saturated rings. The lowest BCUT2D eigenvalue weighted by Crippen LogP contribution is -2.12. The largest absolute Gasteiger partial charge is 0.493 e. The molecule has 1 aromatic carbocycles. The summed E-state index contributed by atoms with van der Waals surface area (Å²) in [5.74, 6) is 1.48. The lowest BCUT2D eigenvalue weighted by molar-refractivity contribution is 0.232. The number of hydrogen-bond donors (Lipinski definition) is 1. The van der Waals surface area contributed by atoms with Gasteiger partial charge < -0.3 is 10.5 Å². The highest BCUT2D eigenvalue weighted by Gasteiger charge is 2.09. The van der Waals surface area contributed by atoms with E-state index >= 15 is 0 Å². The highest BCUT2D eigenvalue weighted by Crippen LogP contribution is 2.29. The minimum atomic E-state index is 0.567. The van der Waals surface area contributed by atoms with Gasteiger partial charge in [-0.15, -0.1) is 0 Å². The first-order chi connectivity index (χ1) is 8.58. The Hall–Kier alpha value is -0.890. The molecule has 1 unspecified atom stereocenters. The maximum Gasteiger partial charge on any atom is 0.123 e. The number of nitrogen functional groups attached to an aromatic ring is 1. The minimum Gasteiger partial charge on any atom is -0.493 e. The second kappa shape index (κ2) is 7.52. The average Bonchev–Trinajstić information content (AvgIpc) is 2.35. The van der Waals surface area contributed by atoms with Gasteiger partial charge in [-0.1, -0.05) is 44.7 Å². The maximum absolute atomic E-state index is 6.01. The lowest BCUT2D eigenvalue weighted by Gasteiger charge is -2.17. The number of anilines is 1. The molecular weight excluding hydrogens is 246 g/mol. The number of hydrogen-bond acceptors (Lipinski definition) is 2. The maximum atomic E-state index is 6.01. The zero-order valence-corrected chi connectivity index (χ0v) is 12.4. The van der Waals surface area contributed by atoms with Gasteiger partial charge in [0.2, 0.25) is 0 Å². The van der Waals surface area contributed by atoms with Crippen LogP contribution in [-0.4, -0.2) is 6.61 Å². The van der Waals surface area contributed by atoms with Gasteiger partial charge in [-0.05, 0) is 30.9 Å². The van der Waals surface area contributed by atoms with Crippen molar-refractivity contribution in [2.24, 2.45) is 5.92 Å². The van der Waals surface area contributed by atoms with Crippen molar-refractivity contribution >= 4 is 17.3 Å². The molecule has 2 nitrogen and oxygen atoms in total. The molecule has 1 atom stereocenters. The van der Waals surface area contributed by atoms with Crippen LogP contribution in [0.5, 0.6) is 5.75 Å².